The van der Waals surface area contributed by atoms with Crippen molar-refractivity contribution in [2.45, 2.75) is 0 Å². The number of hydrogen-bond donors (Lipinski definition) is 2. The Kier molecular flexibility index (Phi) is 2.34. The second-order valence-corrected chi connectivity index (χ2v) is 4.19. The lowest BCUT2D eigenvalue weighted by molar-refractivity contribution is 0.0652. The summed E-state index contributed by atoms with van der Waals surface area (Å²) >= 11 is 6.02. The van der Waals surface area contributed by atoms with Crippen LogP contribution in [0.25, 0.3) is 22.2 Å². The number of H-pyrrole nitrogens is 1. The quantitative estimate of drug-likeness (QED) is 0.743. The van der Waals surface area contributed by atoms with Gasteiger partial charge in [-0.1, -0.05) is 22.8 Å². The molecule has 2 aromatic heterocycles. The van der Waals surface area contributed by atoms with Gasteiger partial charge in [0, 0.05) is 28.7 Å². The topological polar surface area (TPSA) is 79.1 Å². The second kappa shape index (κ2) is 3.89. The highest BCUT2D eigenvalue weighted by Crippen LogP contribution is 2.28. The summed E-state index contributed by atoms with van der Waals surface area (Å²) in [5, 5.41) is 13.9. The molecule has 2 N–H and O–H groups in total. The number of aromatic carboxylic acids is 1. The molecule has 0 unspecified atom stereocenters. The molecule has 0 aliphatic heterocycles. The number of aromatic nitrogens is 2. The van der Waals surface area contributed by atoms with Crippen LogP contribution in [0.1, 0.15) is 10.6 Å². The smallest absolute Gasteiger partial charge is 0.374 e. The van der Waals surface area contributed by atoms with Crippen LogP contribution in [0.3, 0.4) is 0 Å². The minimum atomic E-state index is -1.14. The normalized spacial score (nSPS) is 10.9. The van der Waals surface area contributed by atoms with Gasteiger partial charge in [0.2, 0.25) is 5.76 Å². The lowest BCUT2D eigenvalue weighted by atomic mass is 10.1. The lowest BCUT2D eigenvalue weighted by Crippen LogP contribution is -1.91. The zero-order valence-electron chi connectivity index (χ0n) is 8.98. The predicted octanol–water partition coefficient (Wildman–Crippen LogP) is 3.17. The lowest BCUT2D eigenvalue weighted by Gasteiger charge is -1.96. The molecule has 0 saturated carbocycles. The van der Waals surface area contributed by atoms with Gasteiger partial charge >= 0.3 is 5.97 Å². The number of hydrogen-bond acceptors (Lipinski definition) is 3. The van der Waals surface area contributed by atoms with Crippen LogP contribution >= 0.6 is 11.6 Å². The second-order valence-electron chi connectivity index (χ2n) is 3.78. The summed E-state index contributed by atoms with van der Waals surface area (Å²) in [6.45, 7) is 0. The fourth-order valence-corrected chi connectivity index (χ4v) is 1.97. The Hall–Kier alpha value is -2.27. The highest BCUT2D eigenvalue weighted by molar-refractivity contribution is 6.35. The van der Waals surface area contributed by atoms with E-state index in [-0.39, 0.29) is 5.76 Å². The van der Waals surface area contributed by atoms with E-state index < -0.39 is 5.97 Å². The number of halogens is 1. The van der Waals surface area contributed by atoms with E-state index in [1.165, 1.54) is 6.07 Å². The van der Waals surface area contributed by atoms with Crippen molar-refractivity contribution in [3.8, 4) is 11.3 Å². The zero-order valence-corrected chi connectivity index (χ0v) is 9.73. The molecule has 0 bridgehead atoms. The number of carbonyl (C=O) groups is 1. The monoisotopic (exact) mass is 262 g/mol. The molecule has 0 aliphatic rings. The van der Waals surface area contributed by atoms with Gasteiger partial charge in [-0.3, -0.25) is 0 Å². The molecular weight excluding hydrogens is 256 g/mol. The number of aromatic amines is 1. The first kappa shape index (κ1) is 10.9. The number of carboxylic acid groups (broad SMARTS) is 1. The van der Waals surface area contributed by atoms with Gasteiger partial charge in [0.25, 0.3) is 0 Å². The zero-order chi connectivity index (χ0) is 12.7. The third-order valence-corrected chi connectivity index (χ3v) is 2.96. The standard InChI is InChI=1S/C12H7ClN2O3/c13-8-5-14-9-2-1-6(3-7(8)9)10-4-11(12(16)17)18-15-10/h1-5,14H,(H,16,17). The maximum atomic E-state index is 10.7. The molecule has 0 spiro atoms. The first-order valence-electron chi connectivity index (χ1n) is 5.12. The Morgan fingerprint density at radius 3 is 2.94 bits per heavy atom. The molecular formula is C12H7ClN2O3. The molecule has 6 heteroatoms. The van der Waals surface area contributed by atoms with Crippen LogP contribution in [0.5, 0.6) is 0 Å². The van der Waals surface area contributed by atoms with E-state index in [0.29, 0.717) is 10.7 Å². The average Bonchev–Trinajstić information content (AvgIpc) is 2.96. The van der Waals surface area contributed by atoms with Crippen LogP contribution in [0.2, 0.25) is 5.02 Å². The molecule has 90 valence electrons. The highest BCUT2D eigenvalue weighted by Gasteiger charge is 2.13. The van der Waals surface area contributed by atoms with E-state index in [2.05, 4.69) is 10.1 Å². The molecule has 0 saturated heterocycles. The number of rotatable bonds is 2. The average molecular weight is 263 g/mol. The van der Waals surface area contributed by atoms with Crippen LogP contribution in [-0.4, -0.2) is 21.2 Å². The molecule has 18 heavy (non-hydrogen) atoms. The maximum Gasteiger partial charge on any atom is 0.374 e. The van der Waals surface area contributed by atoms with Gasteiger partial charge in [-0.15, -0.1) is 0 Å². The van der Waals surface area contributed by atoms with E-state index in [0.717, 1.165) is 16.5 Å². The van der Waals surface area contributed by atoms with Crippen LogP contribution in [0.15, 0.2) is 35.0 Å². The fourth-order valence-electron chi connectivity index (χ4n) is 1.76. The van der Waals surface area contributed by atoms with E-state index in [9.17, 15) is 4.79 Å². The summed E-state index contributed by atoms with van der Waals surface area (Å²) in [4.78, 5) is 13.7. The summed E-state index contributed by atoms with van der Waals surface area (Å²) in [6, 6.07) is 6.88. The first-order valence-corrected chi connectivity index (χ1v) is 5.50. The van der Waals surface area contributed by atoms with Gasteiger partial charge in [-0.2, -0.15) is 0 Å². The molecule has 3 rings (SSSR count). The Morgan fingerprint density at radius 1 is 1.39 bits per heavy atom. The minimum Gasteiger partial charge on any atom is -0.475 e. The van der Waals surface area contributed by atoms with Crippen molar-refractivity contribution in [1.29, 1.82) is 0 Å². The molecule has 0 aliphatic carbocycles. The Labute approximate surface area is 106 Å². The molecule has 0 amide bonds. The number of nitrogens with one attached hydrogen (secondary N) is 1. The van der Waals surface area contributed by atoms with Crippen molar-refractivity contribution in [1.82, 2.24) is 10.1 Å². The van der Waals surface area contributed by atoms with Gasteiger partial charge < -0.3 is 14.6 Å². The minimum absolute atomic E-state index is 0.190. The molecule has 0 fully saturated rings. The van der Waals surface area contributed by atoms with Crippen LogP contribution in [0.4, 0.5) is 0 Å². The summed E-state index contributed by atoms with van der Waals surface area (Å²) < 4.78 is 4.71. The predicted molar refractivity (Wildman–Crippen MR) is 65.8 cm³/mol. The van der Waals surface area contributed by atoms with Crippen molar-refractivity contribution < 1.29 is 14.4 Å². The van der Waals surface area contributed by atoms with Crippen LogP contribution in [-0.2, 0) is 0 Å². The van der Waals surface area contributed by atoms with Crippen molar-refractivity contribution in [3.05, 3.63) is 41.2 Å². The van der Waals surface area contributed by atoms with Crippen molar-refractivity contribution in [3.63, 3.8) is 0 Å². The van der Waals surface area contributed by atoms with Crippen LogP contribution < -0.4 is 0 Å². The molecule has 0 atom stereocenters. The maximum absolute atomic E-state index is 10.7. The Balaban J connectivity index is 2.12. The first-order chi connectivity index (χ1) is 8.65. The van der Waals surface area contributed by atoms with Gasteiger partial charge in [-0.05, 0) is 12.1 Å². The number of fused-ring (bicyclic) bond motifs is 1. The van der Waals surface area contributed by atoms with Gasteiger partial charge in [0.05, 0.1) is 5.02 Å². The highest BCUT2D eigenvalue weighted by atomic mass is 35.5. The molecule has 3 aromatic rings. The van der Waals surface area contributed by atoms with E-state index in [4.69, 9.17) is 21.2 Å². The molecule has 1 aromatic carbocycles. The van der Waals surface area contributed by atoms with Crippen molar-refractivity contribution in [2.75, 3.05) is 0 Å². The van der Waals surface area contributed by atoms with Gasteiger partial charge in [0.15, 0.2) is 0 Å². The molecule has 2 heterocycles. The molecule has 5 nitrogen and oxygen atoms in total. The third-order valence-electron chi connectivity index (χ3n) is 2.65. The SMILES string of the molecule is O=C(O)c1cc(-c2ccc3[nH]cc(Cl)c3c2)no1. The van der Waals surface area contributed by atoms with Gasteiger partial charge in [0.1, 0.15) is 5.69 Å². The van der Waals surface area contributed by atoms with Crippen molar-refractivity contribution in [2.24, 2.45) is 0 Å². The summed E-state index contributed by atoms with van der Waals surface area (Å²) in [7, 11) is 0. The fraction of sp³-hybridized carbons (Fsp3) is 0. The van der Waals surface area contributed by atoms with Crippen molar-refractivity contribution >= 4 is 28.5 Å². The number of nitrogens with zero attached hydrogens (tertiary/aromatic N) is 1. The summed E-state index contributed by atoms with van der Waals surface area (Å²) in [6.07, 6.45) is 1.70. The summed E-state index contributed by atoms with van der Waals surface area (Å²) in [5.74, 6) is -1.33. The largest absolute Gasteiger partial charge is 0.475 e. The van der Waals surface area contributed by atoms with E-state index in [1.807, 2.05) is 18.2 Å². The number of carboxylic acids is 1. The number of benzene rings is 1. The summed E-state index contributed by atoms with van der Waals surface area (Å²) in [5.41, 5.74) is 2.12. The van der Waals surface area contributed by atoms with Gasteiger partial charge in [-0.25, -0.2) is 4.79 Å². The third kappa shape index (κ3) is 1.65. The Bertz CT molecular complexity index is 745. The molecule has 0 radical (unpaired) electrons. The van der Waals surface area contributed by atoms with E-state index in [1.54, 1.807) is 6.20 Å². The van der Waals surface area contributed by atoms with Crippen LogP contribution in [0, 0.1) is 0 Å². The Morgan fingerprint density at radius 2 is 2.22 bits per heavy atom. The van der Waals surface area contributed by atoms with E-state index >= 15 is 0 Å².